The molecule has 3 saturated heterocycles. The lowest BCUT2D eigenvalue weighted by molar-refractivity contribution is 0.0904. The zero-order valence-electron chi connectivity index (χ0n) is 27.4. The summed E-state index contributed by atoms with van der Waals surface area (Å²) in [6.45, 7) is 6.87. The van der Waals surface area contributed by atoms with Gasteiger partial charge in [-0.05, 0) is 81.8 Å². The van der Waals surface area contributed by atoms with Crippen LogP contribution in [0.25, 0.3) is 32.9 Å². The Labute approximate surface area is 277 Å². The lowest BCUT2D eigenvalue weighted by atomic mass is 9.93. The quantitative estimate of drug-likeness (QED) is 0.218. The van der Waals surface area contributed by atoms with Crippen molar-refractivity contribution >= 4 is 27.8 Å². The molecule has 5 heterocycles. The first-order valence-corrected chi connectivity index (χ1v) is 16.9. The Morgan fingerprint density at radius 3 is 2.85 bits per heavy atom. The predicted octanol–water partition coefficient (Wildman–Crippen LogP) is 5.42. The van der Waals surface area contributed by atoms with E-state index in [-0.39, 0.29) is 40.9 Å². The third-order valence-corrected chi connectivity index (χ3v) is 10.3. The van der Waals surface area contributed by atoms with Crippen LogP contribution in [0.1, 0.15) is 57.9 Å². The molecule has 0 radical (unpaired) electrons. The molecule has 48 heavy (non-hydrogen) atoms. The first kappa shape index (κ1) is 32.4. The highest BCUT2D eigenvalue weighted by molar-refractivity contribution is 5.99. The molecule has 0 aliphatic carbocycles. The smallest absolute Gasteiger partial charge is 0.407 e. The van der Waals surface area contributed by atoms with Crippen molar-refractivity contribution in [3.63, 3.8) is 0 Å². The fourth-order valence-corrected chi connectivity index (χ4v) is 7.82. The zero-order valence-corrected chi connectivity index (χ0v) is 27.4. The Bertz CT molecular complexity index is 1890. The molecular formula is C36H42F2N6O4. The number of ether oxygens (including phenoxy) is 2. The van der Waals surface area contributed by atoms with Gasteiger partial charge in [0.15, 0.2) is 5.82 Å². The Hall–Kier alpha value is -4.16. The highest BCUT2D eigenvalue weighted by Gasteiger charge is 2.49. The summed E-state index contributed by atoms with van der Waals surface area (Å²) in [5.74, 6) is -0.727. The number of benzene rings is 2. The second-order valence-corrected chi connectivity index (χ2v) is 14.0. The van der Waals surface area contributed by atoms with Gasteiger partial charge < -0.3 is 20.1 Å². The molecule has 12 heteroatoms. The molecule has 10 nitrogen and oxygen atoms in total. The van der Waals surface area contributed by atoms with Crippen LogP contribution in [0.4, 0.5) is 13.6 Å². The number of carbonyl (C=O) groups excluding carboxylic acids is 1. The number of hydrogen-bond donors (Lipinski definition) is 3. The van der Waals surface area contributed by atoms with Crippen molar-refractivity contribution < 1.29 is 23.0 Å². The minimum atomic E-state index is -0.919. The number of H-pyrrole nitrogens is 1. The van der Waals surface area contributed by atoms with Gasteiger partial charge in [-0.1, -0.05) is 36.4 Å². The van der Waals surface area contributed by atoms with Gasteiger partial charge in [0.05, 0.1) is 16.5 Å². The van der Waals surface area contributed by atoms with E-state index in [1.165, 1.54) is 6.20 Å². The Balaban J connectivity index is 1.13. The number of pyridine rings is 1. The second kappa shape index (κ2) is 13.0. The van der Waals surface area contributed by atoms with Crippen LogP contribution in [0.5, 0.6) is 6.01 Å². The molecule has 4 aromatic rings. The van der Waals surface area contributed by atoms with Crippen LogP contribution < -0.4 is 20.9 Å². The number of carbonyl (C=O) groups is 1. The molecule has 3 N–H and O–H groups in total. The van der Waals surface area contributed by atoms with Crippen LogP contribution in [0.3, 0.4) is 0 Å². The van der Waals surface area contributed by atoms with Crippen molar-refractivity contribution in [2.75, 3.05) is 32.8 Å². The van der Waals surface area contributed by atoms with Gasteiger partial charge in [0.25, 0.3) is 11.6 Å². The van der Waals surface area contributed by atoms with Gasteiger partial charge in [-0.2, -0.15) is 4.98 Å². The molecule has 0 bridgehead atoms. The summed E-state index contributed by atoms with van der Waals surface area (Å²) in [6, 6.07) is 11.4. The van der Waals surface area contributed by atoms with Crippen molar-refractivity contribution in [3.8, 4) is 17.3 Å². The van der Waals surface area contributed by atoms with Crippen LogP contribution in [0.15, 0.2) is 47.4 Å². The van der Waals surface area contributed by atoms with Gasteiger partial charge in [-0.3, -0.25) is 19.7 Å². The number of aryl methyl sites for hydroxylation is 1. The SMILES string of the molecule is C[C@H](CCc1cccc2cccc(-c3ncc4c(=O)[nH]c(OC[C@@]56CCCN5C[C@H](F)C6)nc4c3F)c12)OC(=O)N[C@]1(C)CCCNC1. The third kappa shape index (κ3) is 6.35. The number of aromatic nitrogens is 3. The van der Waals surface area contributed by atoms with Crippen LogP contribution in [0, 0.1) is 5.82 Å². The van der Waals surface area contributed by atoms with Gasteiger partial charge >= 0.3 is 6.09 Å². The molecule has 1 amide bonds. The normalized spacial score (nSPS) is 24.9. The van der Waals surface area contributed by atoms with Crippen molar-refractivity contribution in [2.24, 2.45) is 0 Å². The maximum absolute atomic E-state index is 16.4. The number of aromatic amines is 1. The lowest BCUT2D eigenvalue weighted by Gasteiger charge is -2.34. The second-order valence-electron chi connectivity index (χ2n) is 14.0. The third-order valence-electron chi connectivity index (χ3n) is 10.3. The zero-order chi connectivity index (χ0) is 33.5. The molecule has 254 valence electrons. The first-order chi connectivity index (χ1) is 23.1. The topological polar surface area (TPSA) is 121 Å². The lowest BCUT2D eigenvalue weighted by Crippen LogP contribution is -2.55. The molecule has 2 aromatic carbocycles. The summed E-state index contributed by atoms with van der Waals surface area (Å²) < 4.78 is 42.3. The molecular weight excluding hydrogens is 618 g/mol. The molecule has 2 aromatic heterocycles. The fraction of sp³-hybridized carbons (Fsp3) is 0.500. The first-order valence-electron chi connectivity index (χ1n) is 16.9. The highest BCUT2D eigenvalue weighted by Crippen LogP contribution is 2.40. The average molecular weight is 661 g/mol. The maximum Gasteiger partial charge on any atom is 0.407 e. The summed E-state index contributed by atoms with van der Waals surface area (Å²) in [4.78, 5) is 39.2. The number of amides is 1. The van der Waals surface area contributed by atoms with Gasteiger partial charge in [0, 0.05) is 31.3 Å². The van der Waals surface area contributed by atoms with Crippen LogP contribution in [0.2, 0.25) is 0 Å². The number of halogens is 2. The van der Waals surface area contributed by atoms with Crippen molar-refractivity contribution in [3.05, 3.63) is 64.3 Å². The van der Waals surface area contributed by atoms with Crippen LogP contribution in [-0.4, -0.2) is 82.1 Å². The maximum atomic E-state index is 16.4. The van der Waals surface area contributed by atoms with E-state index < -0.39 is 29.2 Å². The van der Waals surface area contributed by atoms with E-state index in [1.807, 2.05) is 44.2 Å². The summed E-state index contributed by atoms with van der Waals surface area (Å²) >= 11 is 0. The average Bonchev–Trinajstić information content (AvgIpc) is 3.58. The van der Waals surface area contributed by atoms with E-state index in [0.717, 1.165) is 55.1 Å². The highest BCUT2D eigenvalue weighted by atomic mass is 19.1. The Kier molecular flexibility index (Phi) is 8.80. The van der Waals surface area contributed by atoms with E-state index in [9.17, 15) is 14.0 Å². The number of alkyl halides is 1. The monoisotopic (exact) mass is 660 g/mol. The van der Waals surface area contributed by atoms with Crippen LogP contribution in [-0.2, 0) is 11.2 Å². The summed E-state index contributed by atoms with van der Waals surface area (Å²) in [5, 5.41) is 8.07. The van der Waals surface area contributed by atoms with Crippen molar-refractivity contribution in [1.82, 2.24) is 30.5 Å². The fourth-order valence-electron chi connectivity index (χ4n) is 7.82. The number of nitrogens with one attached hydrogen (secondary N) is 3. The van der Waals surface area contributed by atoms with E-state index in [4.69, 9.17) is 9.47 Å². The number of piperidine rings is 1. The molecule has 7 rings (SSSR count). The van der Waals surface area contributed by atoms with Crippen molar-refractivity contribution in [1.29, 1.82) is 0 Å². The Morgan fingerprint density at radius 2 is 2.04 bits per heavy atom. The molecule has 3 aliphatic heterocycles. The molecule has 3 fully saturated rings. The molecule has 0 saturated carbocycles. The largest absolute Gasteiger partial charge is 0.463 e. The predicted molar refractivity (Wildman–Crippen MR) is 180 cm³/mol. The number of alkyl carbamates (subject to hydrolysis) is 1. The van der Waals surface area contributed by atoms with E-state index in [2.05, 4.69) is 30.5 Å². The van der Waals surface area contributed by atoms with E-state index in [0.29, 0.717) is 37.9 Å². The Morgan fingerprint density at radius 1 is 1.21 bits per heavy atom. The number of nitrogens with zero attached hydrogens (tertiary/aromatic N) is 3. The molecule has 0 unspecified atom stereocenters. The molecule has 4 atom stereocenters. The van der Waals surface area contributed by atoms with Crippen molar-refractivity contribution in [2.45, 2.75) is 82.1 Å². The number of fused-ring (bicyclic) bond motifs is 3. The standard InChI is InChI=1S/C36H42F2N6O4/c1-22(48-34(46)43-35(2)13-5-15-39-20-35)11-12-24-8-3-7-23-9-4-10-26(28(23)24)30-29(38)31-27(18-40-30)32(45)42-33(41-31)47-21-36-14-6-16-44(36)19-25(37)17-36/h3-4,7-10,18,22,25,39H,5-6,11-17,19-21H2,1-2H3,(H,43,46)(H,41,42,45)/t22-,25-,35-,36+/m1/s1. The number of hydrogen-bond acceptors (Lipinski definition) is 8. The van der Waals surface area contributed by atoms with Crippen LogP contribution >= 0.6 is 0 Å². The van der Waals surface area contributed by atoms with Gasteiger partial charge in [-0.15, -0.1) is 0 Å². The number of rotatable bonds is 9. The van der Waals surface area contributed by atoms with E-state index >= 15 is 4.39 Å². The minimum absolute atomic E-state index is 0.0107. The molecule has 0 spiro atoms. The summed E-state index contributed by atoms with van der Waals surface area (Å²) in [7, 11) is 0. The summed E-state index contributed by atoms with van der Waals surface area (Å²) in [6.07, 6.45) is 4.76. The van der Waals surface area contributed by atoms with Gasteiger partial charge in [-0.25, -0.2) is 13.6 Å². The molecule has 3 aliphatic rings. The summed E-state index contributed by atoms with van der Waals surface area (Å²) in [5.41, 5.74) is 0.110. The van der Waals surface area contributed by atoms with E-state index in [1.54, 1.807) is 6.07 Å². The van der Waals surface area contributed by atoms with Gasteiger partial charge in [0.2, 0.25) is 0 Å². The minimum Gasteiger partial charge on any atom is -0.463 e. The van der Waals surface area contributed by atoms with Gasteiger partial charge in [0.1, 0.15) is 30.1 Å².